The van der Waals surface area contributed by atoms with Gasteiger partial charge in [0.25, 0.3) is 0 Å². The van der Waals surface area contributed by atoms with E-state index in [1.54, 1.807) is 0 Å². The molecular formula is C21H16ClNSe. The van der Waals surface area contributed by atoms with Crippen LogP contribution >= 0.6 is 11.6 Å². The van der Waals surface area contributed by atoms with Crippen molar-refractivity contribution in [3.8, 4) is 0 Å². The molecule has 0 saturated carbocycles. The van der Waals surface area contributed by atoms with Crippen LogP contribution in [0.5, 0.6) is 0 Å². The second-order valence-electron chi connectivity index (χ2n) is 5.71. The molecule has 0 spiro atoms. The molecule has 3 aromatic carbocycles. The molecule has 0 aliphatic carbocycles. The van der Waals surface area contributed by atoms with Crippen LogP contribution in [0.2, 0.25) is 5.02 Å². The van der Waals surface area contributed by atoms with E-state index in [0.29, 0.717) is 14.5 Å². The molecule has 24 heavy (non-hydrogen) atoms. The Labute approximate surface area is 152 Å². The van der Waals surface area contributed by atoms with E-state index in [0.717, 1.165) is 10.7 Å². The summed E-state index contributed by atoms with van der Waals surface area (Å²) in [6, 6.07) is 25.4. The van der Waals surface area contributed by atoms with Gasteiger partial charge in [-0.25, -0.2) is 0 Å². The quantitative estimate of drug-likeness (QED) is 0.366. The zero-order valence-corrected chi connectivity index (χ0v) is 15.7. The summed E-state index contributed by atoms with van der Waals surface area (Å²) in [5.74, 6) is 0. The monoisotopic (exact) mass is 397 g/mol. The molecule has 0 unspecified atom stereocenters. The molecular weight excluding hydrogens is 381 g/mol. The second-order valence-corrected chi connectivity index (χ2v) is 8.09. The van der Waals surface area contributed by atoms with Crippen molar-refractivity contribution in [1.29, 1.82) is 0 Å². The van der Waals surface area contributed by atoms with E-state index < -0.39 is 0 Å². The van der Waals surface area contributed by atoms with Crippen LogP contribution in [-0.2, 0) is 0 Å². The molecule has 1 nitrogen and oxygen atoms in total. The molecule has 0 aliphatic rings. The van der Waals surface area contributed by atoms with Gasteiger partial charge < -0.3 is 0 Å². The van der Waals surface area contributed by atoms with Crippen molar-refractivity contribution in [3.05, 3.63) is 88.3 Å². The van der Waals surface area contributed by atoms with Gasteiger partial charge >= 0.3 is 153 Å². The van der Waals surface area contributed by atoms with Crippen LogP contribution < -0.4 is 4.90 Å². The average molecular weight is 397 g/mol. The van der Waals surface area contributed by atoms with Crippen molar-refractivity contribution in [2.24, 2.45) is 0 Å². The van der Waals surface area contributed by atoms with Crippen LogP contribution in [0.25, 0.3) is 10.8 Å². The van der Waals surface area contributed by atoms with E-state index >= 15 is 0 Å². The molecule has 0 atom stereocenters. The third kappa shape index (κ3) is 2.78. The summed E-state index contributed by atoms with van der Waals surface area (Å²) < 4.78 is 1.32. The molecule has 3 heteroatoms. The fraction of sp³-hybridized carbons (Fsp3) is 0.0476. The Bertz CT molecular complexity index is 992. The Hall–Kier alpha value is -1.99. The summed E-state index contributed by atoms with van der Waals surface area (Å²) in [5.41, 5.74) is 3.60. The zero-order chi connectivity index (χ0) is 16.5. The average Bonchev–Trinajstić information content (AvgIpc) is 3.12. The topological polar surface area (TPSA) is 3.24 Å². The van der Waals surface area contributed by atoms with Crippen LogP contribution in [-0.4, -0.2) is 14.5 Å². The first-order valence-electron chi connectivity index (χ1n) is 7.81. The zero-order valence-electron chi connectivity index (χ0n) is 13.2. The van der Waals surface area contributed by atoms with Gasteiger partial charge in [0.15, 0.2) is 0 Å². The number of anilines is 3. The number of benzene rings is 3. The minimum absolute atomic E-state index is 0.328. The van der Waals surface area contributed by atoms with Crippen molar-refractivity contribution < 1.29 is 0 Å². The van der Waals surface area contributed by atoms with E-state index in [1.165, 1.54) is 26.6 Å². The van der Waals surface area contributed by atoms with Gasteiger partial charge in [0.2, 0.25) is 0 Å². The van der Waals surface area contributed by atoms with Gasteiger partial charge in [-0.3, -0.25) is 0 Å². The number of hydrogen-bond donors (Lipinski definition) is 0. The molecule has 1 heterocycles. The van der Waals surface area contributed by atoms with E-state index in [1.807, 2.05) is 18.2 Å². The van der Waals surface area contributed by atoms with Gasteiger partial charge in [-0.1, -0.05) is 0 Å². The Morgan fingerprint density at radius 1 is 0.833 bits per heavy atom. The Morgan fingerprint density at radius 2 is 1.67 bits per heavy atom. The fourth-order valence-corrected chi connectivity index (χ4v) is 4.81. The molecule has 0 fully saturated rings. The van der Waals surface area contributed by atoms with E-state index in [9.17, 15) is 0 Å². The SMILES string of the molecule is Cc1ccc(N(c2cccc(Cl)c2)c2ccc[se]2)c2ccccc12. The summed E-state index contributed by atoms with van der Waals surface area (Å²) in [7, 11) is 0. The number of fused-ring (bicyclic) bond motifs is 1. The molecule has 0 saturated heterocycles. The number of nitrogens with zero attached hydrogens (tertiary/aromatic N) is 1. The summed E-state index contributed by atoms with van der Waals surface area (Å²) in [6.07, 6.45) is 0. The van der Waals surface area contributed by atoms with E-state index in [2.05, 4.69) is 71.4 Å². The number of rotatable bonds is 3. The van der Waals surface area contributed by atoms with Crippen LogP contribution in [0.15, 0.2) is 77.7 Å². The van der Waals surface area contributed by atoms with Gasteiger partial charge in [0.1, 0.15) is 0 Å². The fourth-order valence-electron chi connectivity index (χ4n) is 3.03. The van der Waals surface area contributed by atoms with Gasteiger partial charge in [0.05, 0.1) is 0 Å². The molecule has 1 aromatic heterocycles. The van der Waals surface area contributed by atoms with E-state index in [4.69, 9.17) is 11.6 Å². The van der Waals surface area contributed by atoms with Gasteiger partial charge in [-0.05, 0) is 0 Å². The molecule has 0 N–H and O–H groups in total. The van der Waals surface area contributed by atoms with Crippen molar-refractivity contribution >= 4 is 52.8 Å². The molecule has 4 aromatic rings. The number of hydrogen-bond acceptors (Lipinski definition) is 1. The predicted octanol–water partition coefficient (Wildman–Crippen LogP) is 6.33. The second kappa shape index (κ2) is 6.49. The normalized spacial score (nSPS) is 10.9. The Morgan fingerprint density at radius 3 is 2.42 bits per heavy atom. The molecule has 4 rings (SSSR count). The van der Waals surface area contributed by atoms with Crippen LogP contribution in [0.1, 0.15) is 5.56 Å². The van der Waals surface area contributed by atoms with Crippen molar-refractivity contribution in [3.63, 3.8) is 0 Å². The molecule has 0 radical (unpaired) electrons. The maximum absolute atomic E-state index is 6.27. The van der Waals surface area contributed by atoms with Crippen molar-refractivity contribution in [2.45, 2.75) is 6.92 Å². The van der Waals surface area contributed by atoms with Crippen LogP contribution in [0, 0.1) is 6.92 Å². The summed E-state index contributed by atoms with van der Waals surface area (Å²) in [5, 5.41) is 3.31. The van der Waals surface area contributed by atoms with Crippen molar-refractivity contribution in [1.82, 2.24) is 0 Å². The third-order valence-corrected chi connectivity index (χ3v) is 6.18. The summed E-state index contributed by atoms with van der Waals surface area (Å²) in [6.45, 7) is 2.16. The standard InChI is InChI=1S/C21H16ClNSe/c1-15-11-12-20(19-9-3-2-8-18(15)19)23(21-10-5-13-24-21)17-7-4-6-16(22)14-17/h2-14H,1H3. The van der Waals surface area contributed by atoms with E-state index in [-0.39, 0.29) is 0 Å². The van der Waals surface area contributed by atoms with Gasteiger partial charge in [-0.15, -0.1) is 0 Å². The first-order chi connectivity index (χ1) is 11.7. The van der Waals surface area contributed by atoms with Crippen LogP contribution in [0.4, 0.5) is 15.9 Å². The number of aryl methyl sites for hydroxylation is 1. The van der Waals surface area contributed by atoms with Crippen molar-refractivity contribution in [2.75, 3.05) is 4.90 Å². The first-order valence-corrected chi connectivity index (χ1v) is 10.0. The molecule has 0 aliphatic heterocycles. The summed E-state index contributed by atoms with van der Waals surface area (Å²) in [4.78, 5) is 4.59. The first kappa shape index (κ1) is 15.5. The molecule has 0 bridgehead atoms. The summed E-state index contributed by atoms with van der Waals surface area (Å²) >= 11 is 6.60. The van der Waals surface area contributed by atoms with Gasteiger partial charge in [0, 0.05) is 0 Å². The van der Waals surface area contributed by atoms with Gasteiger partial charge in [-0.2, -0.15) is 0 Å². The minimum atomic E-state index is 0.328. The van der Waals surface area contributed by atoms with Crippen LogP contribution in [0.3, 0.4) is 0 Å². The Kier molecular flexibility index (Phi) is 4.20. The molecule has 118 valence electrons. The number of halogens is 1. The molecule has 0 amide bonds. The third-order valence-electron chi connectivity index (χ3n) is 4.15. The Balaban J connectivity index is 2.00. The maximum atomic E-state index is 6.27. The predicted molar refractivity (Wildman–Crippen MR) is 105 cm³/mol.